The summed E-state index contributed by atoms with van der Waals surface area (Å²) in [6.07, 6.45) is 2.61. The van der Waals surface area contributed by atoms with Crippen LogP contribution >= 0.6 is 11.6 Å². The molecule has 0 unspecified atom stereocenters. The number of ketones is 1. The first-order valence-electron chi connectivity index (χ1n) is 8.69. The number of fused-ring (bicyclic) bond motifs is 3. The van der Waals surface area contributed by atoms with Crippen molar-refractivity contribution in [1.82, 2.24) is 19.8 Å². The van der Waals surface area contributed by atoms with Crippen molar-refractivity contribution in [2.24, 2.45) is 0 Å². The summed E-state index contributed by atoms with van der Waals surface area (Å²) in [7, 11) is 0. The summed E-state index contributed by atoms with van der Waals surface area (Å²) < 4.78 is 7.28. The lowest BCUT2D eigenvalue weighted by Crippen LogP contribution is -2.24. The number of benzene rings is 1. The molecule has 0 fully saturated rings. The zero-order chi connectivity index (χ0) is 18.5. The number of Topliss-reactive ketones (excluding diaryl/α,β-unsaturated/α-hetero) is 1. The Kier molecular flexibility index (Phi) is 3.62. The van der Waals surface area contributed by atoms with Crippen LogP contribution in [-0.4, -0.2) is 25.6 Å². The number of nitrogens with zero attached hydrogens (tertiary/aromatic N) is 4. The van der Waals surface area contributed by atoms with E-state index >= 15 is 0 Å². The minimum atomic E-state index is -0.0375. The third kappa shape index (κ3) is 2.56. The average Bonchev–Trinajstić information content (AvgIpc) is 3.28. The fraction of sp³-hybridized carbons (Fsp3) is 0.200. The molecule has 3 heterocycles. The molecule has 0 spiro atoms. The van der Waals surface area contributed by atoms with Crippen LogP contribution in [0.2, 0.25) is 5.02 Å². The monoisotopic (exact) mass is 378 g/mol. The molecule has 1 aliphatic carbocycles. The van der Waals surface area contributed by atoms with Crippen molar-refractivity contribution in [3.05, 3.63) is 70.5 Å². The number of aromatic nitrogens is 4. The number of rotatable bonds is 2. The van der Waals surface area contributed by atoms with Gasteiger partial charge < -0.3 is 4.42 Å². The molecule has 3 aromatic heterocycles. The van der Waals surface area contributed by atoms with Gasteiger partial charge in [-0.15, -0.1) is 10.2 Å². The fourth-order valence-corrected chi connectivity index (χ4v) is 3.97. The van der Waals surface area contributed by atoms with E-state index < -0.39 is 0 Å². The van der Waals surface area contributed by atoms with E-state index in [-0.39, 0.29) is 11.7 Å². The molecule has 1 atom stereocenters. The molecule has 27 heavy (non-hydrogen) atoms. The summed E-state index contributed by atoms with van der Waals surface area (Å²) in [6.45, 7) is 1.92. The Morgan fingerprint density at radius 1 is 1.19 bits per heavy atom. The molecule has 0 saturated carbocycles. The van der Waals surface area contributed by atoms with Gasteiger partial charge in [0.05, 0.1) is 23.2 Å². The maximum atomic E-state index is 12.6. The van der Waals surface area contributed by atoms with Crippen LogP contribution in [0.25, 0.3) is 16.8 Å². The van der Waals surface area contributed by atoms with E-state index in [1.807, 2.05) is 43.3 Å². The zero-order valence-electron chi connectivity index (χ0n) is 14.5. The summed E-state index contributed by atoms with van der Waals surface area (Å²) in [6, 6.07) is 11.3. The molecule has 1 aliphatic rings. The Hall–Kier alpha value is -2.99. The van der Waals surface area contributed by atoms with Crippen molar-refractivity contribution in [3.63, 3.8) is 0 Å². The maximum absolute atomic E-state index is 12.6. The molecule has 7 heteroatoms. The van der Waals surface area contributed by atoms with Gasteiger partial charge in [-0.1, -0.05) is 23.7 Å². The fourth-order valence-electron chi connectivity index (χ4n) is 3.78. The van der Waals surface area contributed by atoms with Crippen molar-refractivity contribution in [2.75, 3.05) is 0 Å². The first kappa shape index (κ1) is 16.2. The SMILES string of the molecule is Cc1nn2c3c(nnc2c1-c1cccc(Cl)c1)C(=O)C[C@@H](c1ccco1)C3. The van der Waals surface area contributed by atoms with Crippen LogP contribution < -0.4 is 0 Å². The quantitative estimate of drug-likeness (QED) is 0.521. The minimum absolute atomic E-state index is 0.0217. The molecule has 5 rings (SSSR count). The number of furan rings is 1. The Morgan fingerprint density at radius 2 is 2.07 bits per heavy atom. The number of carbonyl (C=O) groups is 1. The summed E-state index contributed by atoms with van der Waals surface area (Å²) in [5.41, 5.74) is 4.41. The largest absolute Gasteiger partial charge is 0.469 e. The van der Waals surface area contributed by atoms with Crippen molar-refractivity contribution in [2.45, 2.75) is 25.7 Å². The molecule has 0 N–H and O–H groups in total. The third-order valence-corrected chi connectivity index (χ3v) is 5.24. The molecule has 4 aromatic rings. The molecule has 6 nitrogen and oxygen atoms in total. The molecule has 0 amide bonds. The number of aryl methyl sites for hydroxylation is 1. The van der Waals surface area contributed by atoms with Crippen LogP contribution in [0.4, 0.5) is 0 Å². The highest BCUT2D eigenvalue weighted by atomic mass is 35.5. The lowest BCUT2D eigenvalue weighted by atomic mass is 9.87. The van der Waals surface area contributed by atoms with Gasteiger partial charge in [0.1, 0.15) is 5.76 Å². The van der Waals surface area contributed by atoms with Gasteiger partial charge in [-0.3, -0.25) is 4.79 Å². The molecule has 0 aliphatic heterocycles. The second kappa shape index (κ2) is 6.03. The molecule has 0 bridgehead atoms. The first-order chi connectivity index (χ1) is 13.1. The van der Waals surface area contributed by atoms with Crippen LogP contribution in [0.3, 0.4) is 0 Å². The van der Waals surface area contributed by atoms with Crippen molar-refractivity contribution < 1.29 is 9.21 Å². The van der Waals surface area contributed by atoms with Gasteiger partial charge in [-0.2, -0.15) is 5.10 Å². The van der Waals surface area contributed by atoms with Gasteiger partial charge in [0.2, 0.25) is 0 Å². The number of hydrogen-bond donors (Lipinski definition) is 0. The van der Waals surface area contributed by atoms with E-state index in [0.717, 1.165) is 28.3 Å². The van der Waals surface area contributed by atoms with E-state index in [1.54, 1.807) is 10.8 Å². The molecular weight excluding hydrogens is 364 g/mol. The van der Waals surface area contributed by atoms with Gasteiger partial charge in [0, 0.05) is 23.8 Å². The minimum Gasteiger partial charge on any atom is -0.469 e. The highest BCUT2D eigenvalue weighted by molar-refractivity contribution is 6.30. The van der Waals surface area contributed by atoms with Gasteiger partial charge in [0.15, 0.2) is 17.1 Å². The zero-order valence-corrected chi connectivity index (χ0v) is 15.3. The average molecular weight is 379 g/mol. The topological polar surface area (TPSA) is 73.3 Å². The highest BCUT2D eigenvalue weighted by Gasteiger charge is 2.32. The predicted octanol–water partition coefficient (Wildman–Crippen LogP) is 4.26. The van der Waals surface area contributed by atoms with E-state index in [4.69, 9.17) is 16.0 Å². The Bertz CT molecular complexity index is 1180. The molecule has 0 saturated heterocycles. The smallest absolute Gasteiger partial charge is 0.185 e. The van der Waals surface area contributed by atoms with Crippen LogP contribution in [0.15, 0.2) is 47.1 Å². The standard InChI is InChI=1S/C20H15ClN4O2/c1-11-18(12-4-2-5-14(21)8-12)20-23-22-19-15(25(20)24-11)9-13(10-16(19)26)17-6-3-7-27-17/h2-8,13H,9-10H2,1H3/t13-/m0/s1. The van der Waals surface area contributed by atoms with E-state index in [1.165, 1.54) is 0 Å². The Morgan fingerprint density at radius 3 is 2.85 bits per heavy atom. The Balaban J connectivity index is 1.70. The van der Waals surface area contributed by atoms with Crippen LogP contribution in [0.5, 0.6) is 0 Å². The lowest BCUT2D eigenvalue weighted by Gasteiger charge is -2.21. The summed E-state index contributed by atoms with van der Waals surface area (Å²) >= 11 is 6.16. The lowest BCUT2D eigenvalue weighted by molar-refractivity contribution is 0.0951. The Labute approximate surface area is 159 Å². The summed E-state index contributed by atoms with van der Waals surface area (Å²) in [5, 5.41) is 13.9. The number of carbonyl (C=O) groups excluding carboxylic acids is 1. The van der Waals surface area contributed by atoms with Gasteiger partial charge in [-0.05, 0) is 36.8 Å². The third-order valence-electron chi connectivity index (χ3n) is 5.00. The van der Waals surface area contributed by atoms with Crippen LogP contribution in [0, 0.1) is 6.92 Å². The van der Waals surface area contributed by atoms with Crippen molar-refractivity contribution in [1.29, 1.82) is 0 Å². The molecule has 134 valence electrons. The van der Waals surface area contributed by atoms with Gasteiger partial charge in [0.25, 0.3) is 0 Å². The first-order valence-corrected chi connectivity index (χ1v) is 9.07. The predicted molar refractivity (Wildman–Crippen MR) is 100 cm³/mol. The number of halogens is 1. The maximum Gasteiger partial charge on any atom is 0.185 e. The number of hydrogen-bond acceptors (Lipinski definition) is 5. The van der Waals surface area contributed by atoms with Crippen LogP contribution in [0.1, 0.15) is 40.0 Å². The summed E-state index contributed by atoms with van der Waals surface area (Å²) in [4.78, 5) is 12.6. The van der Waals surface area contributed by atoms with E-state index in [2.05, 4.69) is 15.3 Å². The summed E-state index contributed by atoms with van der Waals surface area (Å²) in [5.74, 6) is 0.744. The van der Waals surface area contributed by atoms with E-state index in [9.17, 15) is 4.79 Å². The molecule has 1 aromatic carbocycles. The van der Waals surface area contributed by atoms with Crippen molar-refractivity contribution in [3.8, 4) is 11.1 Å². The normalized spacial score (nSPS) is 16.7. The second-order valence-corrected chi connectivity index (χ2v) is 7.18. The molecule has 0 radical (unpaired) electrons. The van der Waals surface area contributed by atoms with Crippen LogP contribution in [-0.2, 0) is 6.42 Å². The highest BCUT2D eigenvalue weighted by Crippen LogP contribution is 2.34. The van der Waals surface area contributed by atoms with Crippen molar-refractivity contribution >= 4 is 23.0 Å². The van der Waals surface area contributed by atoms with Gasteiger partial charge in [-0.25, -0.2) is 4.52 Å². The van der Waals surface area contributed by atoms with Gasteiger partial charge >= 0.3 is 0 Å². The second-order valence-electron chi connectivity index (χ2n) is 6.75. The molecular formula is C20H15ClN4O2. The van der Waals surface area contributed by atoms with E-state index in [0.29, 0.717) is 29.2 Å².